The van der Waals surface area contributed by atoms with Gasteiger partial charge in [-0.3, -0.25) is 0 Å². The summed E-state index contributed by atoms with van der Waals surface area (Å²) in [4.78, 5) is 17.3. The van der Waals surface area contributed by atoms with Crippen LogP contribution in [0.15, 0.2) is 58.4 Å². The second-order valence-electron chi connectivity index (χ2n) is 7.71. The topological polar surface area (TPSA) is 95.6 Å². The Morgan fingerprint density at radius 3 is 2.65 bits per heavy atom. The van der Waals surface area contributed by atoms with Gasteiger partial charge in [-0.2, -0.15) is 0 Å². The number of nitrogens with zero attached hydrogens (tertiary/aromatic N) is 3. The number of pyridine rings is 1. The second-order valence-corrected chi connectivity index (χ2v) is 9.53. The van der Waals surface area contributed by atoms with Crippen molar-refractivity contribution in [1.82, 2.24) is 14.9 Å². The lowest BCUT2D eigenvalue weighted by atomic mass is 10.2. The molecule has 9 heteroatoms. The van der Waals surface area contributed by atoms with Crippen LogP contribution in [-0.4, -0.2) is 61.1 Å². The Morgan fingerprint density at radius 2 is 1.97 bits per heavy atom. The van der Waals surface area contributed by atoms with E-state index in [-0.39, 0.29) is 25.5 Å². The van der Waals surface area contributed by atoms with Crippen LogP contribution in [0.25, 0.3) is 10.9 Å². The first-order valence-electron chi connectivity index (χ1n) is 14.3. The van der Waals surface area contributed by atoms with Crippen LogP contribution in [0.1, 0.15) is 33.1 Å². The number of sulfone groups is 1. The summed E-state index contributed by atoms with van der Waals surface area (Å²) in [5.74, 6) is -0.254. The Bertz CT molecular complexity index is 1680. The summed E-state index contributed by atoms with van der Waals surface area (Å²) in [5.41, 5.74) is -1.17. The molecule has 8 nitrogen and oxygen atoms in total. The predicted molar refractivity (Wildman–Crippen MR) is 118 cm³/mol. The van der Waals surface area contributed by atoms with Gasteiger partial charge in [0.25, 0.3) is 0 Å². The van der Waals surface area contributed by atoms with Crippen molar-refractivity contribution in [1.29, 1.82) is 0 Å². The van der Waals surface area contributed by atoms with Crippen molar-refractivity contribution in [2.75, 3.05) is 31.1 Å². The van der Waals surface area contributed by atoms with E-state index in [2.05, 4.69) is 4.98 Å². The van der Waals surface area contributed by atoms with Gasteiger partial charge in [0, 0.05) is 43.9 Å². The standard InChI is InChI=1S/C22H26N4O4S/c1-22(2,3)30-21(27)26-13-11-25(12-14-26)20-19-17(9-10-23-20)18(15-24-19)31(28,29)16-7-5-4-6-8-16/h4-10,15,24H,11-14H2,1-3H3/i4D,5D,6D,7D,8D,9D,10D,11D,15D/hD. The summed E-state index contributed by atoms with van der Waals surface area (Å²) in [7, 11) is -5.13. The molecule has 1 saturated heterocycles. The quantitative estimate of drug-likeness (QED) is 0.654. The smallest absolute Gasteiger partial charge is 0.410 e. The van der Waals surface area contributed by atoms with Crippen molar-refractivity contribution in [3.05, 3.63) is 48.6 Å². The van der Waals surface area contributed by atoms with E-state index in [4.69, 9.17) is 18.5 Å². The molecule has 1 aromatic carbocycles. The highest BCUT2D eigenvalue weighted by Gasteiger charge is 2.28. The van der Waals surface area contributed by atoms with E-state index in [1.54, 1.807) is 20.8 Å². The molecule has 164 valence electrons. The SMILES string of the molecule is [2H]c1nc(N2CCN(C(=O)OC(C)(C)C)CC2[2H])c2c(c1[2H])c(S(=O)(=O)c1c([2H])c([2H])c([2H])c([2H])c1[2H])c([2H])n2[2H]. The highest BCUT2D eigenvalue weighted by molar-refractivity contribution is 7.91. The largest absolute Gasteiger partial charge is 0.444 e. The molecule has 0 saturated carbocycles. The second kappa shape index (κ2) is 7.88. The molecule has 1 aliphatic rings. The number of piperazine rings is 1. The number of aromatic nitrogens is 2. The summed E-state index contributed by atoms with van der Waals surface area (Å²) >= 11 is 0. The Hall–Kier alpha value is -3.07. The molecule has 0 radical (unpaired) electrons. The third-order valence-electron chi connectivity index (χ3n) is 4.36. The number of ether oxygens (including phenoxy) is 1. The summed E-state index contributed by atoms with van der Waals surface area (Å²) in [5, 5.41) is -0.589. The van der Waals surface area contributed by atoms with Crippen LogP contribution in [0.2, 0.25) is 1.41 Å². The Morgan fingerprint density at radius 1 is 1.23 bits per heavy atom. The predicted octanol–water partition coefficient (Wildman–Crippen LogP) is 3.45. The van der Waals surface area contributed by atoms with Crippen molar-refractivity contribution in [3.63, 3.8) is 0 Å². The third-order valence-corrected chi connectivity index (χ3v) is 5.93. The molecule has 4 rings (SSSR count). The number of hydrogen-bond acceptors (Lipinski definition) is 6. The van der Waals surface area contributed by atoms with Crippen LogP contribution < -0.4 is 4.90 Å². The molecule has 0 bridgehead atoms. The molecule has 1 N–H and O–H groups in total. The fraction of sp³-hybridized carbons (Fsp3) is 0.364. The molecule has 1 aliphatic heterocycles. The van der Waals surface area contributed by atoms with Crippen molar-refractivity contribution in [3.8, 4) is 0 Å². The van der Waals surface area contributed by atoms with E-state index in [1.807, 2.05) is 0 Å². The van der Waals surface area contributed by atoms with Gasteiger partial charge in [0.1, 0.15) is 5.60 Å². The Kier molecular flexibility index (Phi) is 3.07. The minimum absolute atomic E-state index is 0.0451. The molecule has 0 spiro atoms. The first-order chi connectivity index (χ1) is 18.8. The molecule has 0 aliphatic carbocycles. The van der Waals surface area contributed by atoms with Gasteiger partial charge in [-0.1, -0.05) is 18.1 Å². The zero-order valence-electron chi connectivity index (χ0n) is 27.0. The average molecular weight is 453 g/mol. The minimum atomic E-state index is -5.13. The molecular weight excluding hydrogens is 416 g/mol. The van der Waals surface area contributed by atoms with E-state index in [0.29, 0.717) is 4.98 Å². The summed E-state index contributed by atoms with van der Waals surface area (Å²) < 4.78 is 115. The molecule has 2 aromatic heterocycles. The maximum absolute atomic E-state index is 13.8. The van der Waals surface area contributed by atoms with Crippen LogP contribution in [0, 0.1) is 0 Å². The first kappa shape index (κ1) is 12.1. The number of carbonyl (C=O) groups excluding carboxylic acids is 1. The Labute approximate surface area is 195 Å². The highest BCUT2D eigenvalue weighted by atomic mass is 32.2. The zero-order chi connectivity index (χ0) is 30.9. The maximum atomic E-state index is 13.8. The lowest BCUT2D eigenvalue weighted by Crippen LogP contribution is -2.50. The lowest BCUT2D eigenvalue weighted by Gasteiger charge is -2.36. The summed E-state index contributed by atoms with van der Waals surface area (Å²) in [6.07, 6.45) is -2.39. The van der Waals surface area contributed by atoms with Crippen LogP contribution in [-0.2, 0) is 14.6 Å². The van der Waals surface area contributed by atoms with Gasteiger partial charge in [-0.05, 0) is 38.9 Å². The number of anilines is 1. The van der Waals surface area contributed by atoms with Crippen molar-refractivity contribution >= 4 is 32.7 Å². The molecule has 1 unspecified atom stereocenters. The van der Waals surface area contributed by atoms with Gasteiger partial charge in [-0.15, -0.1) is 0 Å². The van der Waals surface area contributed by atoms with Gasteiger partial charge < -0.3 is 19.5 Å². The molecule has 31 heavy (non-hydrogen) atoms. The van der Waals surface area contributed by atoms with E-state index >= 15 is 0 Å². The number of fused-ring (bicyclic) bond motifs is 1. The number of hydrogen-bond donors (Lipinski definition) is 1. The number of nitrogens with one attached hydrogen (secondary N) is 1. The molecular formula is C22H26N4O4S. The fourth-order valence-electron chi connectivity index (χ4n) is 2.96. The molecule has 3 aromatic rings. The number of benzene rings is 1. The lowest BCUT2D eigenvalue weighted by molar-refractivity contribution is 0.0240. The molecule has 1 fully saturated rings. The van der Waals surface area contributed by atoms with Gasteiger partial charge >= 0.3 is 6.09 Å². The van der Waals surface area contributed by atoms with Gasteiger partial charge in [-0.25, -0.2) is 18.2 Å². The minimum Gasteiger partial charge on any atom is -0.444 e. The van der Waals surface area contributed by atoms with Crippen LogP contribution >= 0.6 is 0 Å². The maximum Gasteiger partial charge on any atom is 0.410 e. The van der Waals surface area contributed by atoms with E-state index in [9.17, 15) is 13.2 Å². The van der Waals surface area contributed by atoms with E-state index in [0.717, 1.165) is 0 Å². The van der Waals surface area contributed by atoms with Gasteiger partial charge in [0.05, 0.1) is 27.6 Å². The van der Waals surface area contributed by atoms with Gasteiger partial charge in [0.15, 0.2) is 7.23 Å². The number of H-pyrrole nitrogens is 1. The zero-order valence-corrected chi connectivity index (χ0v) is 17.8. The molecule has 1 atom stereocenters. The third kappa shape index (κ3) is 4.23. The number of amides is 1. The van der Waals surface area contributed by atoms with E-state index < -0.39 is 97.3 Å². The number of aromatic amines is 1. The van der Waals surface area contributed by atoms with Crippen molar-refractivity contribution in [2.45, 2.75) is 36.2 Å². The molecule has 3 heterocycles. The van der Waals surface area contributed by atoms with Crippen LogP contribution in [0.4, 0.5) is 10.6 Å². The first-order valence-corrected chi connectivity index (χ1v) is 10.8. The van der Waals surface area contributed by atoms with Crippen molar-refractivity contribution < 1.29 is 31.7 Å². The number of rotatable bonds is 3. The number of carbonyl (C=O) groups is 1. The van der Waals surface area contributed by atoms with Crippen molar-refractivity contribution in [2.24, 2.45) is 0 Å². The average Bonchev–Trinajstić information content (AvgIpc) is 3.14. The van der Waals surface area contributed by atoms with E-state index in [1.165, 1.54) is 9.80 Å². The fourth-order valence-corrected chi connectivity index (χ4v) is 4.11. The molecule has 1 amide bonds. The monoisotopic (exact) mass is 452 g/mol. The summed E-state index contributed by atoms with van der Waals surface area (Å²) in [6, 6.07) is -5.58. The Balaban J connectivity index is 1.91. The highest BCUT2D eigenvalue weighted by Crippen LogP contribution is 2.32. The summed E-state index contributed by atoms with van der Waals surface area (Å²) in [6.45, 7) is 3.68. The van der Waals surface area contributed by atoms with Gasteiger partial charge in [0.2, 0.25) is 9.84 Å². The van der Waals surface area contributed by atoms with Crippen LogP contribution in [0.5, 0.6) is 0 Å². The van der Waals surface area contributed by atoms with Crippen LogP contribution in [0.3, 0.4) is 0 Å². The normalized spacial score (nSPS) is 22.2.